The van der Waals surface area contributed by atoms with Crippen molar-refractivity contribution in [3.8, 4) is 11.5 Å². The molecule has 1 N–H and O–H groups in total. The molecule has 1 aliphatic heterocycles. The number of nitrogens with zero attached hydrogens (tertiary/aromatic N) is 2. The Bertz CT molecular complexity index is 1260. The average Bonchev–Trinajstić information content (AvgIpc) is 3.43. The molecule has 1 heterocycles. The summed E-state index contributed by atoms with van der Waals surface area (Å²) in [5.41, 5.74) is 1.71. The maximum Gasteiger partial charge on any atom is 0.463 e. The highest BCUT2D eigenvalue weighted by Gasteiger charge is 2.63. The lowest BCUT2D eigenvalue weighted by atomic mass is 10.0. The lowest BCUT2D eigenvalue weighted by Crippen LogP contribution is -2.47. The van der Waals surface area contributed by atoms with Crippen molar-refractivity contribution in [2.24, 2.45) is 5.10 Å². The van der Waals surface area contributed by atoms with Gasteiger partial charge in [0.05, 0.1) is 30.7 Å². The predicted molar refractivity (Wildman–Crippen MR) is 141 cm³/mol. The van der Waals surface area contributed by atoms with Gasteiger partial charge in [0.15, 0.2) is 11.5 Å². The predicted octanol–water partition coefficient (Wildman–Crippen LogP) is 7.00. The number of ether oxygens (including phenoxy) is 2. The van der Waals surface area contributed by atoms with Crippen molar-refractivity contribution in [2.75, 3.05) is 12.4 Å². The van der Waals surface area contributed by atoms with Crippen LogP contribution in [-0.2, 0) is 11.3 Å². The second kappa shape index (κ2) is 12.0. The van der Waals surface area contributed by atoms with E-state index in [1.165, 1.54) is 29.3 Å². The molecule has 1 unspecified atom stereocenters. The van der Waals surface area contributed by atoms with Gasteiger partial charge >= 0.3 is 23.2 Å². The number of hydrogen-bond acceptors (Lipinski definition) is 6. The first kappa shape index (κ1) is 29.6. The molecule has 0 radical (unpaired) electrons. The zero-order valence-electron chi connectivity index (χ0n) is 21.8. The van der Waals surface area contributed by atoms with Crippen LogP contribution >= 0.6 is 11.8 Å². The van der Waals surface area contributed by atoms with Gasteiger partial charge in [0.1, 0.15) is 0 Å². The standard InChI is InChI=1S/C27H28F5N3O4S/c1-3-22-23(17-10-13-20(38-2)21(14-17)39-19-6-4-5-7-19)34-35(25(37)40-22)15-16-8-11-18(12-9-16)33-24(36)26(28,29)27(30,31)32/h8-14,19,22H,3-7,15H2,1-2H3,(H,33,36). The van der Waals surface area contributed by atoms with Crippen LogP contribution in [0.2, 0.25) is 0 Å². The van der Waals surface area contributed by atoms with E-state index in [1.54, 1.807) is 18.5 Å². The molecule has 1 atom stereocenters. The number of rotatable bonds is 9. The first-order valence-corrected chi connectivity index (χ1v) is 13.6. The molecule has 2 aliphatic rings. The minimum atomic E-state index is -6.01. The second-order valence-electron chi connectivity index (χ2n) is 9.44. The summed E-state index contributed by atoms with van der Waals surface area (Å²) in [7, 11) is 1.57. The summed E-state index contributed by atoms with van der Waals surface area (Å²) in [4.78, 5) is 24.3. The zero-order valence-corrected chi connectivity index (χ0v) is 22.6. The molecule has 0 aromatic heterocycles. The molecule has 1 aliphatic carbocycles. The number of benzene rings is 2. The third-order valence-electron chi connectivity index (χ3n) is 6.60. The molecule has 0 bridgehead atoms. The Morgan fingerprint density at radius 1 is 1.07 bits per heavy atom. The first-order chi connectivity index (χ1) is 18.9. The molecule has 2 aromatic carbocycles. The summed E-state index contributed by atoms with van der Waals surface area (Å²) < 4.78 is 75.5. The van der Waals surface area contributed by atoms with E-state index in [0.29, 0.717) is 29.2 Å². The average molecular weight is 586 g/mol. The van der Waals surface area contributed by atoms with E-state index in [4.69, 9.17) is 9.47 Å². The van der Waals surface area contributed by atoms with Crippen molar-refractivity contribution in [1.82, 2.24) is 5.01 Å². The van der Waals surface area contributed by atoms with E-state index < -0.39 is 18.0 Å². The van der Waals surface area contributed by atoms with Crippen LogP contribution in [0.3, 0.4) is 0 Å². The molecule has 1 fully saturated rings. The van der Waals surface area contributed by atoms with Crippen molar-refractivity contribution in [1.29, 1.82) is 0 Å². The van der Waals surface area contributed by atoms with E-state index in [1.807, 2.05) is 19.1 Å². The third-order valence-corrected chi connectivity index (χ3v) is 7.85. The number of hydrazone groups is 1. The number of anilines is 1. The minimum absolute atomic E-state index is 0.0142. The largest absolute Gasteiger partial charge is 0.493 e. The van der Waals surface area contributed by atoms with Gasteiger partial charge in [-0.15, -0.1) is 0 Å². The molecule has 216 valence electrons. The van der Waals surface area contributed by atoms with E-state index in [-0.39, 0.29) is 28.8 Å². The van der Waals surface area contributed by atoms with Gasteiger partial charge in [-0.05, 0) is 68.0 Å². The van der Waals surface area contributed by atoms with Gasteiger partial charge < -0.3 is 14.8 Å². The molecular formula is C27H28F5N3O4S. The van der Waals surface area contributed by atoms with E-state index >= 15 is 0 Å². The van der Waals surface area contributed by atoms with E-state index in [0.717, 1.165) is 43.0 Å². The highest BCUT2D eigenvalue weighted by atomic mass is 32.2. The fraction of sp³-hybridized carbons (Fsp3) is 0.444. The highest BCUT2D eigenvalue weighted by molar-refractivity contribution is 8.14. The number of carbonyl (C=O) groups is 2. The molecule has 7 nitrogen and oxygen atoms in total. The van der Waals surface area contributed by atoms with Gasteiger partial charge in [-0.3, -0.25) is 9.59 Å². The SMILES string of the molecule is CCC1SC(=O)N(Cc2ccc(NC(=O)C(F)(F)C(F)(F)F)cc2)N=C1c1ccc(OC)c(OC2CCCC2)c1. The van der Waals surface area contributed by atoms with Crippen molar-refractivity contribution >= 4 is 34.3 Å². The topological polar surface area (TPSA) is 80.2 Å². The highest BCUT2D eigenvalue weighted by Crippen LogP contribution is 2.37. The Kier molecular flexibility index (Phi) is 8.91. The minimum Gasteiger partial charge on any atom is -0.493 e. The number of halogens is 5. The van der Waals surface area contributed by atoms with Crippen LogP contribution in [0.25, 0.3) is 0 Å². The van der Waals surface area contributed by atoms with E-state index in [2.05, 4.69) is 5.10 Å². The van der Waals surface area contributed by atoms with Gasteiger partial charge in [0.25, 0.3) is 0 Å². The zero-order chi connectivity index (χ0) is 29.1. The van der Waals surface area contributed by atoms with Crippen LogP contribution in [0, 0.1) is 0 Å². The summed E-state index contributed by atoms with van der Waals surface area (Å²) in [6.07, 6.45) is -1.10. The van der Waals surface area contributed by atoms with Crippen molar-refractivity contribution in [2.45, 2.75) is 69.0 Å². The Balaban J connectivity index is 1.53. The van der Waals surface area contributed by atoms with Gasteiger partial charge in [-0.1, -0.05) is 30.8 Å². The summed E-state index contributed by atoms with van der Waals surface area (Å²) in [6, 6.07) is 10.7. The van der Waals surface area contributed by atoms with Crippen LogP contribution in [0.4, 0.5) is 32.4 Å². The summed E-state index contributed by atoms with van der Waals surface area (Å²) in [5.74, 6) is -6.81. The number of carbonyl (C=O) groups excluding carboxylic acids is 2. The second-order valence-corrected chi connectivity index (χ2v) is 10.6. The molecule has 1 saturated carbocycles. The Morgan fingerprint density at radius 2 is 1.75 bits per heavy atom. The number of methoxy groups -OCH3 is 1. The number of thioether (sulfide) groups is 1. The van der Waals surface area contributed by atoms with Crippen LogP contribution in [0.5, 0.6) is 11.5 Å². The first-order valence-electron chi connectivity index (χ1n) is 12.7. The molecule has 0 spiro atoms. The van der Waals surface area contributed by atoms with Gasteiger partial charge in [0, 0.05) is 11.3 Å². The number of amides is 2. The Morgan fingerprint density at radius 3 is 2.35 bits per heavy atom. The Hall–Kier alpha value is -3.35. The number of alkyl halides is 5. The fourth-order valence-corrected chi connectivity index (χ4v) is 5.34. The lowest BCUT2D eigenvalue weighted by molar-refractivity contribution is -0.267. The van der Waals surface area contributed by atoms with Gasteiger partial charge in [-0.2, -0.15) is 27.1 Å². The quantitative estimate of drug-likeness (QED) is 0.321. The van der Waals surface area contributed by atoms with Crippen molar-refractivity contribution < 1.29 is 41.0 Å². The van der Waals surface area contributed by atoms with Crippen LogP contribution in [-0.4, -0.2) is 52.4 Å². The smallest absolute Gasteiger partial charge is 0.463 e. The Labute approximate surface area is 232 Å². The third kappa shape index (κ3) is 6.51. The maximum atomic E-state index is 13.2. The van der Waals surface area contributed by atoms with Crippen LogP contribution < -0.4 is 14.8 Å². The normalized spacial score (nSPS) is 18.5. The van der Waals surface area contributed by atoms with Crippen molar-refractivity contribution in [3.63, 3.8) is 0 Å². The monoisotopic (exact) mass is 585 g/mol. The summed E-state index contributed by atoms with van der Waals surface area (Å²) in [5, 5.41) is 6.96. The summed E-state index contributed by atoms with van der Waals surface area (Å²) >= 11 is 1.12. The fourth-order valence-electron chi connectivity index (χ4n) is 4.41. The van der Waals surface area contributed by atoms with Crippen LogP contribution in [0.15, 0.2) is 47.6 Å². The molecule has 13 heteroatoms. The maximum absolute atomic E-state index is 13.2. The summed E-state index contributed by atoms with van der Waals surface area (Å²) in [6.45, 7) is 1.96. The van der Waals surface area contributed by atoms with Crippen LogP contribution in [0.1, 0.15) is 50.2 Å². The molecule has 4 rings (SSSR count). The molecule has 40 heavy (non-hydrogen) atoms. The number of nitrogens with one attached hydrogen (secondary N) is 1. The molecule has 0 saturated heterocycles. The molecule has 2 aromatic rings. The van der Waals surface area contributed by atoms with E-state index in [9.17, 15) is 31.5 Å². The van der Waals surface area contributed by atoms with Crippen molar-refractivity contribution in [3.05, 3.63) is 53.6 Å². The van der Waals surface area contributed by atoms with Gasteiger partial charge in [0.2, 0.25) is 0 Å². The number of hydrogen-bond donors (Lipinski definition) is 1. The molecular weight excluding hydrogens is 557 g/mol. The van der Waals surface area contributed by atoms with Gasteiger partial charge in [-0.25, -0.2) is 5.01 Å². The lowest BCUT2D eigenvalue weighted by Gasteiger charge is -2.29. The molecule has 2 amide bonds.